The summed E-state index contributed by atoms with van der Waals surface area (Å²) in [6, 6.07) is 0.952. The molecular weight excluding hydrogens is 222 g/mol. The highest BCUT2D eigenvalue weighted by atomic mass is 28.4. The molecular formula is C11H25NO3Si. The molecule has 0 saturated carbocycles. The van der Waals surface area contributed by atoms with Crippen LogP contribution in [0.3, 0.4) is 0 Å². The van der Waals surface area contributed by atoms with Gasteiger partial charge in [0.2, 0.25) is 0 Å². The largest absolute Gasteiger partial charge is 0.500 e. The number of hydrogen-bond acceptors (Lipinski definition) is 4. The van der Waals surface area contributed by atoms with E-state index in [-0.39, 0.29) is 0 Å². The Morgan fingerprint density at radius 3 is 1.94 bits per heavy atom. The van der Waals surface area contributed by atoms with Gasteiger partial charge in [-0.3, -0.25) is 0 Å². The quantitative estimate of drug-likeness (QED) is 0.667. The van der Waals surface area contributed by atoms with Crippen LogP contribution >= 0.6 is 0 Å². The average molecular weight is 247 g/mol. The maximum atomic E-state index is 5.47. The van der Waals surface area contributed by atoms with E-state index in [2.05, 4.69) is 11.8 Å². The van der Waals surface area contributed by atoms with E-state index in [1.807, 2.05) is 0 Å². The number of likely N-dealkylation sites (tertiary alicyclic amines) is 1. The molecule has 0 N–H and O–H groups in total. The van der Waals surface area contributed by atoms with Crippen LogP contribution in [0.15, 0.2) is 0 Å². The van der Waals surface area contributed by atoms with Crippen molar-refractivity contribution in [1.82, 2.24) is 4.90 Å². The Morgan fingerprint density at radius 1 is 1.06 bits per heavy atom. The first-order chi connectivity index (χ1) is 7.69. The van der Waals surface area contributed by atoms with Crippen LogP contribution in [-0.4, -0.2) is 54.7 Å². The van der Waals surface area contributed by atoms with Gasteiger partial charge in [0.05, 0.1) is 0 Å². The highest BCUT2D eigenvalue weighted by Gasteiger charge is 2.40. The summed E-state index contributed by atoms with van der Waals surface area (Å²) >= 11 is 0. The Labute approximate surface area is 100 Å². The van der Waals surface area contributed by atoms with Crippen LogP contribution in [-0.2, 0) is 13.3 Å². The summed E-state index contributed by atoms with van der Waals surface area (Å²) in [5.74, 6) is 0.689. The van der Waals surface area contributed by atoms with E-state index in [4.69, 9.17) is 13.3 Å². The average Bonchev–Trinajstić information content (AvgIpc) is 2.37. The Morgan fingerprint density at radius 2 is 1.56 bits per heavy atom. The molecule has 0 aromatic heterocycles. The molecule has 16 heavy (non-hydrogen) atoms. The predicted molar refractivity (Wildman–Crippen MR) is 66.4 cm³/mol. The number of hydrogen-bond donors (Lipinski definition) is 0. The monoisotopic (exact) mass is 247 g/mol. The van der Waals surface area contributed by atoms with Crippen molar-refractivity contribution in [3.05, 3.63) is 0 Å². The molecule has 4 nitrogen and oxygen atoms in total. The van der Waals surface area contributed by atoms with Crippen molar-refractivity contribution in [2.75, 3.05) is 41.0 Å². The van der Waals surface area contributed by atoms with E-state index in [9.17, 15) is 0 Å². The fraction of sp³-hybridized carbons (Fsp3) is 1.00. The van der Waals surface area contributed by atoms with Crippen LogP contribution in [0.5, 0.6) is 0 Å². The van der Waals surface area contributed by atoms with Crippen molar-refractivity contribution in [1.29, 1.82) is 0 Å². The second kappa shape index (κ2) is 6.71. The number of piperidine rings is 1. The van der Waals surface area contributed by atoms with Gasteiger partial charge in [0, 0.05) is 27.4 Å². The summed E-state index contributed by atoms with van der Waals surface area (Å²) in [6.45, 7) is 5.78. The summed E-state index contributed by atoms with van der Waals surface area (Å²) in [6.07, 6.45) is 2.47. The minimum atomic E-state index is -2.36. The van der Waals surface area contributed by atoms with Gasteiger partial charge in [-0.2, -0.15) is 0 Å². The molecule has 0 aliphatic carbocycles. The molecule has 0 atom stereocenters. The summed E-state index contributed by atoms with van der Waals surface area (Å²) < 4.78 is 16.4. The lowest BCUT2D eigenvalue weighted by Crippen LogP contribution is -2.46. The second-order valence-electron chi connectivity index (χ2n) is 4.38. The van der Waals surface area contributed by atoms with Crippen LogP contribution < -0.4 is 0 Å². The van der Waals surface area contributed by atoms with E-state index in [0.29, 0.717) is 5.92 Å². The second-order valence-corrected chi connectivity index (χ2v) is 7.38. The zero-order valence-corrected chi connectivity index (χ0v) is 12.0. The molecule has 1 saturated heterocycles. The normalized spacial score (nSPS) is 20.2. The van der Waals surface area contributed by atoms with Crippen molar-refractivity contribution in [2.45, 2.75) is 25.8 Å². The third-order valence-electron chi connectivity index (χ3n) is 3.63. The van der Waals surface area contributed by atoms with Gasteiger partial charge >= 0.3 is 8.80 Å². The van der Waals surface area contributed by atoms with Gasteiger partial charge < -0.3 is 18.2 Å². The summed E-state index contributed by atoms with van der Waals surface area (Å²) in [4.78, 5) is 2.49. The Kier molecular flexibility index (Phi) is 5.92. The fourth-order valence-electron chi connectivity index (χ4n) is 2.36. The van der Waals surface area contributed by atoms with Gasteiger partial charge in [-0.25, -0.2) is 0 Å². The summed E-state index contributed by atoms with van der Waals surface area (Å²) in [5, 5.41) is 0. The van der Waals surface area contributed by atoms with E-state index < -0.39 is 8.80 Å². The molecule has 0 amide bonds. The van der Waals surface area contributed by atoms with E-state index in [0.717, 1.165) is 12.6 Å². The third-order valence-corrected chi connectivity index (χ3v) is 6.57. The minimum absolute atomic E-state index is 0.689. The highest BCUT2D eigenvalue weighted by Crippen LogP contribution is 2.27. The smallest absolute Gasteiger partial charge is 0.377 e. The predicted octanol–water partition coefficient (Wildman–Crippen LogP) is 1.60. The first-order valence-electron chi connectivity index (χ1n) is 6.07. The molecule has 5 heteroatoms. The number of rotatable bonds is 6. The molecule has 0 radical (unpaired) electrons. The van der Waals surface area contributed by atoms with Gasteiger partial charge in [0.25, 0.3) is 0 Å². The van der Waals surface area contributed by atoms with Crippen LogP contribution in [0.25, 0.3) is 0 Å². The zero-order chi connectivity index (χ0) is 12.0. The standard InChI is InChI=1S/C11H25NO3Si/c1-5-12-8-6-11(7-9-12)10-16(13-2,14-3)15-4/h11H,5-10H2,1-4H3. The van der Waals surface area contributed by atoms with E-state index in [1.54, 1.807) is 21.3 Å². The first-order valence-corrected chi connectivity index (χ1v) is 8.00. The Hall–Kier alpha value is 0.0569. The van der Waals surface area contributed by atoms with Crippen LogP contribution in [0, 0.1) is 5.92 Å². The maximum Gasteiger partial charge on any atom is 0.500 e. The minimum Gasteiger partial charge on any atom is -0.377 e. The van der Waals surface area contributed by atoms with Gasteiger partial charge in [-0.1, -0.05) is 6.92 Å². The summed E-state index contributed by atoms with van der Waals surface area (Å²) in [7, 11) is 2.73. The third kappa shape index (κ3) is 3.53. The van der Waals surface area contributed by atoms with Gasteiger partial charge in [0.15, 0.2) is 0 Å². The molecule has 0 unspecified atom stereocenters. The van der Waals surface area contributed by atoms with Gasteiger partial charge in [-0.05, 0) is 38.4 Å². The van der Waals surface area contributed by atoms with Crippen LogP contribution in [0.4, 0.5) is 0 Å². The maximum absolute atomic E-state index is 5.47. The molecule has 96 valence electrons. The molecule has 0 spiro atoms. The first kappa shape index (κ1) is 14.1. The molecule has 1 fully saturated rings. The molecule has 1 aliphatic rings. The SMILES string of the molecule is CCN1CCC(C[Si](OC)(OC)OC)CC1. The molecule has 1 rings (SSSR count). The Bertz CT molecular complexity index is 183. The van der Waals surface area contributed by atoms with Crippen LogP contribution in [0.1, 0.15) is 19.8 Å². The van der Waals surface area contributed by atoms with E-state index in [1.165, 1.54) is 25.9 Å². The van der Waals surface area contributed by atoms with Gasteiger partial charge in [-0.15, -0.1) is 0 Å². The lowest BCUT2D eigenvalue weighted by molar-refractivity contribution is 0.109. The summed E-state index contributed by atoms with van der Waals surface area (Å²) in [5.41, 5.74) is 0. The van der Waals surface area contributed by atoms with Crippen LogP contribution in [0.2, 0.25) is 6.04 Å². The van der Waals surface area contributed by atoms with Gasteiger partial charge in [0.1, 0.15) is 0 Å². The molecule has 1 heterocycles. The Balaban J connectivity index is 2.42. The molecule has 1 aliphatic heterocycles. The lowest BCUT2D eigenvalue weighted by atomic mass is 9.99. The van der Waals surface area contributed by atoms with Crippen molar-refractivity contribution in [3.63, 3.8) is 0 Å². The van der Waals surface area contributed by atoms with Crippen molar-refractivity contribution >= 4 is 8.80 Å². The number of nitrogens with zero attached hydrogens (tertiary/aromatic N) is 1. The fourth-order valence-corrected chi connectivity index (χ4v) is 4.48. The highest BCUT2D eigenvalue weighted by molar-refractivity contribution is 6.60. The topological polar surface area (TPSA) is 30.9 Å². The molecule has 0 aromatic carbocycles. The molecule has 0 bridgehead atoms. The van der Waals surface area contributed by atoms with Crippen molar-refractivity contribution < 1.29 is 13.3 Å². The lowest BCUT2D eigenvalue weighted by Gasteiger charge is -2.34. The van der Waals surface area contributed by atoms with Crippen molar-refractivity contribution in [3.8, 4) is 0 Å². The molecule has 0 aromatic rings. The van der Waals surface area contributed by atoms with Crippen molar-refractivity contribution in [2.24, 2.45) is 5.92 Å². The van der Waals surface area contributed by atoms with E-state index >= 15 is 0 Å². The zero-order valence-electron chi connectivity index (χ0n) is 11.0.